The number of aromatic amines is 1. The van der Waals surface area contributed by atoms with Gasteiger partial charge in [0, 0.05) is 29.9 Å². The number of hydrogen-bond acceptors (Lipinski definition) is 3. The minimum Gasteiger partial charge on any atom is -0.491 e. The number of amides is 2. The molecule has 7 heteroatoms. The lowest BCUT2D eigenvalue weighted by Crippen LogP contribution is -2.41. The Hall–Kier alpha value is -2.57. The SMILES string of the molecule is O=C(Nc1cccc(OCCF)c1)N[C@@H]1CCc2cn[nH]c2C1. The number of hydrogen-bond donors (Lipinski definition) is 3. The fourth-order valence-electron chi connectivity index (χ4n) is 2.70. The van der Waals surface area contributed by atoms with Gasteiger partial charge < -0.3 is 15.4 Å². The van der Waals surface area contributed by atoms with Crippen molar-refractivity contribution < 1.29 is 13.9 Å². The average Bonchev–Trinajstić information content (AvgIpc) is 3.01. The third-order valence-electron chi connectivity index (χ3n) is 3.79. The normalized spacial score (nSPS) is 16.5. The quantitative estimate of drug-likeness (QED) is 0.792. The highest BCUT2D eigenvalue weighted by Gasteiger charge is 2.21. The summed E-state index contributed by atoms with van der Waals surface area (Å²) in [5, 5.41) is 12.7. The van der Waals surface area contributed by atoms with Gasteiger partial charge in [-0.2, -0.15) is 5.10 Å². The first-order valence-corrected chi connectivity index (χ1v) is 7.62. The summed E-state index contributed by atoms with van der Waals surface area (Å²) < 4.78 is 17.3. The standard InChI is InChI=1S/C16H19FN4O2/c17-6-7-23-14-3-1-2-12(8-14)19-16(22)20-13-5-4-11-10-18-21-15(11)9-13/h1-3,8,10,13H,4-7,9H2,(H,18,21)(H2,19,20,22)/t13-/m1/s1. The number of aromatic nitrogens is 2. The molecule has 1 aromatic carbocycles. The number of carbonyl (C=O) groups excluding carboxylic acids is 1. The van der Waals surface area contributed by atoms with Crippen LogP contribution in [0.3, 0.4) is 0 Å². The Morgan fingerprint density at radius 1 is 1.48 bits per heavy atom. The number of anilines is 1. The van der Waals surface area contributed by atoms with Gasteiger partial charge in [-0.25, -0.2) is 9.18 Å². The second-order valence-corrected chi connectivity index (χ2v) is 5.48. The first kappa shape index (κ1) is 15.3. The Morgan fingerprint density at radius 2 is 2.39 bits per heavy atom. The maximum absolute atomic E-state index is 12.1. The van der Waals surface area contributed by atoms with Crippen LogP contribution in [0, 0.1) is 0 Å². The molecule has 0 bridgehead atoms. The van der Waals surface area contributed by atoms with E-state index in [-0.39, 0.29) is 18.7 Å². The molecule has 1 atom stereocenters. The van der Waals surface area contributed by atoms with E-state index >= 15 is 0 Å². The van der Waals surface area contributed by atoms with Gasteiger partial charge in [0.15, 0.2) is 0 Å². The van der Waals surface area contributed by atoms with Gasteiger partial charge in [0.05, 0.1) is 6.20 Å². The predicted molar refractivity (Wildman–Crippen MR) is 84.5 cm³/mol. The van der Waals surface area contributed by atoms with E-state index in [4.69, 9.17) is 4.74 Å². The summed E-state index contributed by atoms with van der Waals surface area (Å²) in [6, 6.07) is 6.72. The molecular weight excluding hydrogens is 299 g/mol. The summed E-state index contributed by atoms with van der Waals surface area (Å²) in [5.74, 6) is 0.528. The largest absolute Gasteiger partial charge is 0.491 e. The number of ether oxygens (including phenoxy) is 1. The maximum Gasteiger partial charge on any atom is 0.319 e. The van der Waals surface area contributed by atoms with E-state index in [1.807, 2.05) is 6.20 Å². The number of alkyl halides is 1. The van der Waals surface area contributed by atoms with E-state index in [9.17, 15) is 9.18 Å². The van der Waals surface area contributed by atoms with Crippen molar-refractivity contribution >= 4 is 11.7 Å². The molecule has 23 heavy (non-hydrogen) atoms. The molecule has 0 saturated heterocycles. The van der Waals surface area contributed by atoms with Crippen LogP contribution in [0.2, 0.25) is 0 Å². The number of carbonyl (C=O) groups is 1. The number of urea groups is 1. The number of rotatable bonds is 5. The zero-order valence-electron chi connectivity index (χ0n) is 12.6. The molecule has 2 aromatic rings. The first-order chi connectivity index (χ1) is 11.2. The van der Waals surface area contributed by atoms with E-state index in [1.54, 1.807) is 24.3 Å². The van der Waals surface area contributed by atoms with Gasteiger partial charge in [-0.3, -0.25) is 5.10 Å². The average molecular weight is 318 g/mol. The molecule has 0 radical (unpaired) electrons. The van der Waals surface area contributed by atoms with Crippen molar-refractivity contribution in [3.05, 3.63) is 41.7 Å². The molecule has 3 N–H and O–H groups in total. The second-order valence-electron chi connectivity index (χ2n) is 5.48. The van der Waals surface area contributed by atoms with Gasteiger partial charge in [0.2, 0.25) is 0 Å². The van der Waals surface area contributed by atoms with Crippen LogP contribution in [-0.4, -0.2) is 35.6 Å². The van der Waals surface area contributed by atoms with Crippen LogP contribution in [0.4, 0.5) is 14.9 Å². The van der Waals surface area contributed by atoms with Gasteiger partial charge in [-0.05, 0) is 30.5 Å². The zero-order chi connectivity index (χ0) is 16.1. The smallest absolute Gasteiger partial charge is 0.319 e. The van der Waals surface area contributed by atoms with Gasteiger partial charge in [0.1, 0.15) is 19.0 Å². The Kier molecular flexibility index (Phi) is 4.75. The molecule has 122 valence electrons. The summed E-state index contributed by atoms with van der Waals surface area (Å²) >= 11 is 0. The Bertz CT molecular complexity index is 674. The van der Waals surface area contributed by atoms with Crippen LogP contribution >= 0.6 is 0 Å². The number of nitrogens with one attached hydrogen (secondary N) is 3. The van der Waals surface area contributed by atoms with Crippen LogP contribution in [0.5, 0.6) is 5.75 Å². The fourth-order valence-corrected chi connectivity index (χ4v) is 2.70. The molecule has 0 unspecified atom stereocenters. The van der Waals surface area contributed by atoms with E-state index in [1.165, 1.54) is 5.56 Å². The van der Waals surface area contributed by atoms with E-state index in [2.05, 4.69) is 20.8 Å². The minimum absolute atomic E-state index is 0.00421. The molecule has 2 amide bonds. The topological polar surface area (TPSA) is 79.0 Å². The van der Waals surface area contributed by atoms with Crippen molar-refractivity contribution in [3.8, 4) is 5.75 Å². The van der Waals surface area contributed by atoms with Gasteiger partial charge in [0.25, 0.3) is 0 Å². The Morgan fingerprint density at radius 3 is 3.26 bits per heavy atom. The van der Waals surface area contributed by atoms with Crippen molar-refractivity contribution in [2.45, 2.75) is 25.3 Å². The number of nitrogens with zero attached hydrogens (tertiary/aromatic N) is 1. The molecule has 0 saturated carbocycles. The summed E-state index contributed by atoms with van der Waals surface area (Å²) in [6.45, 7) is -0.542. The summed E-state index contributed by atoms with van der Waals surface area (Å²) in [4.78, 5) is 12.1. The number of aryl methyl sites for hydroxylation is 1. The summed E-state index contributed by atoms with van der Waals surface area (Å²) in [7, 11) is 0. The Labute approximate surface area is 133 Å². The van der Waals surface area contributed by atoms with Crippen molar-refractivity contribution in [2.75, 3.05) is 18.6 Å². The van der Waals surface area contributed by atoms with Gasteiger partial charge in [-0.15, -0.1) is 0 Å². The fraction of sp³-hybridized carbons (Fsp3) is 0.375. The van der Waals surface area contributed by atoms with Crippen molar-refractivity contribution in [1.29, 1.82) is 0 Å². The molecule has 6 nitrogen and oxygen atoms in total. The highest BCUT2D eigenvalue weighted by atomic mass is 19.1. The minimum atomic E-state index is -0.546. The molecule has 1 aromatic heterocycles. The van der Waals surface area contributed by atoms with Crippen LogP contribution in [-0.2, 0) is 12.8 Å². The summed E-state index contributed by atoms with van der Waals surface area (Å²) in [5.41, 5.74) is 2.92. The number of fused-ring (bicyclic) bond motifs is 1. The zero-order valence-corrected chi connectivity index (χ0v) is 12.6. The molecule has 1 heterocycles. The molecule has 0 aliphatic heterocycles. The monoisotopic (exact) mass is 318 g/mol. The van der Waals surface area contributed by atoms with Crippen LogP contribution in [0.15, 0.2) is 30.5 Å². The molecular formula is C16H19FN4O2. The lowest BCUT2D eigenvalue weighted by atomic mass is 9.94. The molecule has 3 rings (SSSR count). The van der Waals surface area contributed by atoms with Crippen molar-refractivity contribution in [3.63, 3.8) is 0 Å². The van der Waals surface area contributed by atoms with E-state index in [0.29, 0.717) is 11.4 Å². The number of halogens is 1. The van der Waals surface area contributed by atoms with Crippen molar-refractivity contribution in [1.82, 2.24) is 15.5 Å². The van der Waals surface area contributed by atoms with Gasteiger partial charge in [-0.1, -0.05) is 6.07 Å². The lowest BCUT2D eigenvalue weighted by Gasteiger charge is -2.23. The summed E-state index contributed by atoms with van der Waals surface area (Å²) in [6.07, 6.45) is 4.39. The van der Waals surface area contributed by atoms with E-state index < -0.39 is 6.67 Å². The van der Waals surface area contributed by atoms with Gasteiger partial charge >= 0.3 is 6.03 Å². The number of H-pyrrole nitrogens is 1. The highest BCUT2D eigenvalue weighted by molar-refractivity contribution is 5.89. The molecule has 0 fully saturated rings. The highest BCUT2D eigenvalue weighted by Crippen LogP contribution is 2.20. The molecule has 0 spiro atoms. The third kappa shape index (κ3) is 4.00. The van der Waals surface area contributed by atoms with E-state index in [0.717, 1.165) is 25.0 Å². The second kappa shape index (κ2) is 7.13. The molecule has 1 aliphatic rings. The van der Waals surface area contributed by atoms with Crippen LogP contribution in [0.1, 0.15) is 17.7 Å². The van der Waals surface area contributed by atoms with Crippen LogP contribution in [0.25, 0.3) is 0 Å². The lowest BCUT2D eigenvalue weighted by molar-refractivity contribution is 0.247. The van der Waals surface area contributed by atoms with Crippen molar-refractivity contribution in [2.24, 2.45) is 0 Å². The Balaban J connectivity index is 1.53. The number of benzene rings is 1. The molecule has 1 aliphatic carbocycles. The third-order valence-corrected chi connectivity index (χ3v) is 3.79. The maximum atomic E-state index is 12.1. The predicted octanol–water partition coefficient (Wildman–Crippen LogP) is 2.44. The van der Waals surface area contributed by atoms with Crippen LogP contribution < -0.4 is 15.4 Å². The first-order valence-electron chi connectivity index (χ1n) is 7.62.